The summed E-state index contributed by atoms with van der Waals surface area (Å²) in [5.74, 6) is -1.04. The highest BCUT2D eigenvalue weighted by atomic mass is 16.4. The summed E-state index contributed by atoms with van der Waals surface area (Å²) < 4.78 is 0. The number of carboxylic acids is 1. The molecule has 0 saturated carbocycles. The van der Waals surface area contributed by atoms with Gasteiger partial charge >= 0.3 is 5.97 Å². The SMILES string of the molecule is CCCc1cc(C(=O)c2ccccc2)ccc1C(=O)O. The van der Waals surface area contributed by atoms with Gasteiger partial charge in [0, 0.05) is 11.1 Å². The van der Waals surface area contributed by atoms with Gasteiger partial charge < -0.3 is 5.11 Å². The molecule has 0 spiro atoms. The second-order valence-electron chi connectivity index (χ2n) is 4.62. The van der Waals surface area contributed by atoms with E-state index in [0.717, 1.165) is 6.42 Å². The normalized spacial score (nSPS) is 10.2. The van der Waals surface area contributed by atoms with E-state index in [1.54, 1.807) is 24.3 Å². The maximum atomic E-state index is 12.3. The molecule has 0 unspecified atom stereocenters. The fourth-order valence-corrected chi connectivity index (χ4v) is 2.18. The highest BCUT2D eigenvalue weighted by molar-refractivity contribution is 6.09. The minimum Gasteiger partial charge on any atom is -0.478 e. The molecular weight excluding hydrogens is 252 g/mol. The summed E-state index contributed by atoms with van der Waals surface area (Å²) in [7, 11) is 0. The van der Waals surface area contributed by atoms with E-state index in [1.165, 1.54) is 6.07 Å². The molecule has 3 heteroatoms. The van der Waals surface area contributed by atoms with Crippen LogP contribution in [0.25, 0.3) is 0 Å². The van der Waals surface area contributed by atoms with Crippen molar-refractivity contribution in [3.8, 4) is 0 Å². The Bertz CT molecular complexity index is 630. The third-order valence-corrected chi connectivity index (χ3v) is 3.15. The Morgan fingerprint density at radius 2 is 1.70 bits per heavy atom. The molecule has 1 N–H and O–H groups in total. The van der Waals surface area contributed by atoms with Crippen LogP contribution in [0, 0.1) is 0 Å². The number of hydrogen-bond acceptors (Lipinski definition) is 2. The average molecular weight is 268 g/mol. The van der Waals surface area contributed by atoms with Gasteiger partial charge in [0.05, 0.1) is 5.56 Å². The first-order chi connectivity index (χ1) is 9.63. The Labute approximate surface area is 117 Å². The minimum atomic E-state index is -0.952. The standard InChI is InChI=1S/C17H16O3/c1-2-6-13-11-14(9-10-15(13)17(19)20)16(18)12-7-4-3-5-8-12/h3-5,7-11H,2,6H2,1H3,(H,19,20). The highest BCUT2D eigenvalue weighted by Crippen LogP contribution is 2.17. The molecule has 2 aromatic rings. The van der Waals surface area contributed by atoms with Crippen molar-refractivity contribution in [2.45, 2.75) is 19.8 Å². The molecule has 3 nitrogen and oxygen atoms in total. The second-order valence-corrected chi connectivity index (χ2v) is 4.62. The molecule has 20 heavy (non-hydrogen) atoms. The first-order valence-corrected chi connectivity index (χ1v) is 6.59. The number of hydrogen-bond donors (Lipinski definition) is 1. The van der Waals surface area contributed by atoms with E-state index in [9.17, 15) is 9.59 Å². The molecule has 0 saturated heterocycles. The Morgan fingerprint density at radius 3 is 2.30 bits per heavy atom. The van der Waals surface area contributed by atoms with Gasteiger partial charge in [-0.1, -0.05) is 49.7 Å². The van der Waals surface area contributed by atoms with E-state index in [2.05, 4.69) is 0 Å². The van der Waals surface area contributed by atoms with E-state index >= 15 is 0 Å². The first-order valence-electron chi connectivity index (χ1n) is 6.59. The van der Waals surface area contributed by atoms with Crippen LogP contribution in [-0.2, 0) is 6.42 Å². The monoisotopic (exact) mass is 268 g/mol. The number of rotatable bonds is 5. The number of aryl methyl sites for hydroxylation is 1. The van der Waals surface area contributed by atoms with Crippen LogP contribution in [0.15, 0.2) is 48.5 Å². The van der Waals surface area contributed by atoms with Crippen LogP contribution in [0.2, 0.25) is 0 Å². The number of carbonyl (C=O) groups is 2. The predicted molar refractivity (Wildman–Crippen MR) is 77.3 cm³/mol. The lowest BCUT2D eigenvalue weighted by Gasteiger charge is -2.08. The number of benzene rings is 2. The maximum absolute atomic E-state index is 12.3. The molecular formula is C17H16O3. The fourth-order valence-electron chi connectivity index (χ4n) is 2.18. The first kappa shape index (κ1) is 14.0. The molecule has 0 radical (unpaired) electrons. The van der Waals surface area contributed by atoms with Gasteiger partial charge in [0.15, 0.2) is 5.78 Å². The summed E-state index contributed by atoms with van der Waals surface area (Å²) in [6.45, 7) is 1.98. The largest absolute Gasteiger partial charge is 0.478 e. The molecule has 0 aliphatic rings. The summed E-state index contributed by atoms with van der Waals surface area (Å²) in [5, 5.41) is 9.15. The smallest absolute Gasteiger partial charge is 0.335 e. The van der Waals surface area contributed by atoms with E-state index in [1.807, 2.05) is 25.1 Å². The molecule has 0 aromatic heterocycles. The molecule has 0 amide bonds. The van der Waals surface area contributed by atoms with Gasteiger partial charge in [0.25, 0.3) is 0 Å². The lowest BCUT2D eigenvalue weighted by atomic mass is 9.96. The van der Waals surface area contributed by atoms with Gasteiger partial charge in [-0.15, -0.1) is 0 Å². The summed E-state index contributed by atoms with van der Waals surface area (Å²) in [6.07, 6.45) is 1.49. The third-order valence-electron chi connectivity index (χ3n) is 3.15. The summed E-state index contributed by atoms with van der Waals surface area (Å²) in [4.78, 5) is 23.5. The quantitative estimate of drug-likeness (QED) is 0.843. The fraction of sp³-hybridized carbons (Fsp3) is 0.176. The summed E-state index contributed by atoms with van der Waals surface area (Å²) >= 11 is 0. The molecule has 0 bridgehead atoms. The molecule has 0 aliphatic heterocycles. The van der Waals surface area contributed by atoms with Gasteiger partial charge in [-0.3, -0.25) is 4.79 Å². The van der Waals surface area contributed by atoms with E-state index in [4.69, 9.17) is 5.11 Å². The van der Waals surface area contributed by atoms with Crippen LogP contribution in [0.1, 0.15) is 45.2 Å². The number of carboxylic acid groups (broad SMARTS) is 1. The average Bonchev–Trinajstić information content (AvgIpc) is 2.47. The lowest BCUT2D eigenvalue weighted by Crippen LogP contribution is -2.07. The van der Waals surface area contributed by atoms with Crippen LogP contribution >= 0.6 is 0 Å². The molecule has 0 heterocycles. The van der Waals surface area contributed by atoms with Crippen LogP contribution < -0.4 is 0 Å². The van der Waals surface area contributed by atoms with Crippen LogP contribution in [-0.4, -0.2) is 16.9 Å². The van der Waals surface area contributed by atoms with Crippen molar-refractivity contribution in [2.75, 3.05) is 0 Å². The van der Waals surface area contributed by atoms with E-state index in [-0.39, 0.29) is 11.3 Å². The molecule has 2 aromatic carbocycles. The second kappa shape index (κ2) is 6.15. The van der Waals surface area contributed by atoms with Crippen LogP contribution in [0.3, 0.4) is 0 Å². The Balaban J connectivity index is 2.41. The van der Waals surface area contributed by atoms with Crippen molar-refractivity contribution in [2.24, 2.45) is 0 Å². The molecule has 0 fully saturated rings. The minimum absolute atomic E-state index is 0.0834. The van der Waals surface area contributed by atoms with Crippen molar-refractivity contribution < 1.29 is 14.7 Å². The third kappa shape index (κ3) is 2.94. The maximum Gasteiger partial charge on any atom is 0.335 e. The summed E-state index contributed by atoms with van der Waals surface area (Å²) in [6, 6.07) is 13.8. The highest BCUT2D eigenvalue weighted by Gasteiger charge is 2.14. The zero-order valence-corrected chi connectivity index (χ0v) is 11.3. The van der Waals surface area contributed by atoms with Crippen LogP contribution in [0.4, 0.5) is 0 Å². The Kier molecular flexibility index (Phi) is 4.31. The van der Waals surface area contributed by atoms with E-state index in [0.29, 0.717) is 23.1 Å². The van der Waals surface area contributed by atoms with Gasteiger partial charge in [0.2, 0.25) is 0 Å². The zero-order chi connectivity index (χ0) is 14.5. The summed E-state index contributed by atoms with van der Waals surface area (Å²) in [5.41, 5.74) is 2.13. The van der Waals surface area contributed by atoms with Crippen molar-refractivity contribution in [1.82, 2.24) is 0 Å². The van der Waals surface area contributed by atoms with Gasteiger partial charge in [-0.2, -0.15) is 0 Å². The molecule has 0 atom stereocenters. The van der Waals surface area contributed by atoms with Crippen LogP contribution in [0.5, 0.6) is 0 Å². The Morgan fingerprint density at radius 1 is 1.00 bits per heavy atom. The van der Waals surface area contributed by atoms with Crippen molar-refractivity contribution in [3.05, 3.63) is 70.8 Å². The number of aromatic carboxylic acids is 1. The number of ketones is 1. The molecule has 2 rings (SSSR count). The molecule has 0 aliphatic carbocycles. The van der Waals surface area contributed by atoms with E-state index < -0.39 is 5.97 Å². The van der Waals surface area contributed by atoms with Crippen molar-refractivity contribution >= 4 is 11.8 Å². The Hall–Kier alpha value is -2.42. The van der Waals surface area contributed by atoms with Crippen molar-refractivity contribution in [1.29, 1.82) is 0 Å². The van der Waals surface area contributed by atoms with Gasteiger partial charge in [0.1, 0.15) is 0 Å². The van der Waals surface area contributed by atoms with Crippen molar-refractivity contribution in [3.63, 3.8) is 0 Å². The number of carbonyl (C=O) groups excluding carboxylic acids is 1. The topological polar surface area (TPSA) is 54.4 Å². The van der Waals surface area contributed by atoms with Gasteiger partial charge in [-0.25, -0.2) is 4.79 Å². The predicted octanol–water partition coefficient (Wildman–Crippen LogP) is 3.57. The zero-order valence-electron chi connectivity index (χ0n) is 11.3. The lowest BCUT2D eigenvalue weighted by molar-refractivity contribution is 0.0695. The molecule has 102 valence electrons. The van der Waals surface area contributed by atoms with Gasteiger partial charge in [-0.05, 0) is 24.1 Å².